The van der Waals surface area contributed by atoms with Crippen molar-refractivity contribution < 1.29 is 33.8 Å². The van der Waals surface area contributed by atoms with E-state index in [2.05, 4.69) is 5.32 Å². The lowest BCUT2D eigenvalue weighted by atomic mass is 9.68. The summed E-state index contributed by atoms with van der Waals surface area (Å²) in [5.74, 6) is -0.251. The summed E-state index contributed by atoms with van der Waals surface area (Å²) in [5.41, 5.74) is 0.136. The van der Waals surface area contributed by atoms with Crippen LogP contribution in [0.4, 0.5) is 24.2 Å². The SMILES string of the molecule is O=C1NC2(CO1)CC(C(=O)N1CCC(c3ccc(S(F)(F)(F)(F)F)cc3)CC1)C2. The van der Waals surface area contributed by atoms with E-state index >= 15 is 0 Å². The summed E-state index contributed by atoms with van der Waals surface area (Å²) in [5, 5.41) is 2.74. The van der Waals surface area contributed by atoms with Crippen LogP contribution in [0, 0.1) is 5.92 Å². The molecule has 11 heteroatoms. The van der Waals surface area contributed by atoms with Gasteiger partial charge in [-0.2, -0.15) is 0 Å². The Hall–Kier alpha value is -2.04. The number of amides is 2. The maximum absolute atomic E-state index is 12.8. The quantitative estimate of drug-likeness (QED) is 0.678. The number of carbonyl (C=O) groups is 2. The first-order valence-electron chi connectivity index (χ1n) is 9.33. The van der Waals surface area contributed by atoms with E-state index in [0.29, 0.717) is 56.5 Å². The van der Waals surface area contributed by atoms with E-state index in [1.54, 1.807) is 4.90 Å². The molecule has 2 saturated heterocycles. The van der Waals surface area contributed by atoms with Crippen molar-refractivity contribution >= 4 is 22.2 Å². The highest BCUT2D eigenvalue weighted by atomic mass is 32.5. The molecule has 2 aliphatic heterocycles. The second-order valence-electron chi connectivity index (χ2n) is 8.22. The Morgan fingerprint density at radius 3 is 2.14 bits per heavy atom. The second kappa shape index (κ2) is 5.77. The maximum Gasteiger partial charge on any atom is 0.407 e. The average molecular weight is 440 g/mol. The van der Waals surface area contributed by atoms with Gasteiger partial charge in [-0.25, -0.2) is 4.79 Å². The number of nitrogens with zero attached hydrogens (tertiary/aromatic N) is 1. The molecule has 162 valence electrons. The van der Waals surface area contributed by atoms with Crippen molar-refractivity contribution in [1.29, 1.82) is 0 Å². The third-order valence-corrected chi connectivity index (χ3v) is 7.24. The fourth-order valence-electron chi connectivity index (χ4n) is 4.46. The van der Waals surface area contributed by atoms with Gasteiger partial charge >= 0.3 is 16.3 Å². The zero-order valence-electron chi connectivity index (χ0n) is 15.4. The van der Waals surface area contributed by atoms with Crippen LogP contribution in [-0.2, 0) is 9.53 Å². The lowest BCUT2D eigenvalue weighted by Gasteiger charge is -2.45. The number of halogens is 5. The van der Waals surface area contributed by atoms with E-state index in [4.69, 9.17) is 4.74 Å². The Morgan fingerprint density at radius 1 is 1.07 bits per heavy atom. The summed E-state index contributed by atoms with van der Waals surface area (Å²) in [6.45, 7) is 1.19. The van der Waals surface area contributed by atoms with Gasteiger partial charge in [0.1, 0.15) is 11.5 Å². The number of hydrogen-bond acceptors (Lipinski definition) is 3. The molecule has 1 saturated carbocycles. The molecule has 3 aliphatic rings. The van der Waals surface area contributed by atoms with Gasteiger partial charge in [0.15, 0.2) is 0 Å². The number of alkyl carbamates (subject to hydrolysis) is 1. The fraction of sp³-hybridized carbons (Fsp3) is 0.556. The van der Waals surface area contributed by atoms with Crippen LogP contribution in [0.5, 0.6) is 0 Å². The molecular weight excluding hydrogens is 419 g/mol. The smallest absolute Gasteiger partial charge is 0.407 e. The number of rotatable bonds is 3. The molecule has 2 amide bonds. The molecule has 0 atom stereocenters. The highest BCUT2D eigenvalue weighted by Crippen LogP contribution is 3.02. The van der Waals surface area contributed by atoms with Gasteiger partial charge in [0.2, 0.25) is 5.91 Å². The molecule has 1 aromatic carbocycles. The Bertz CT molecular complexity index is 845. The first kappa shape index (κ1) is 20.2. The van der Waals surface area contributed by atoms with E-state index in [0.717, 1.165) is 12.1 Å². The Balaban J connectivity index is 1.32. The lowest BCUT2D eigenvalue weighted by molar-refractivity contribution is -0.142. The first-order valence-corrected chi connectivity index (χ1v) is 11.3. The van der Waals surface area contributed by atoms with Crippen LogP contribution in [0.2, 0.25) is 0 Å². The number of ether oxygens (including phenoxy) is 1. The summed E-state index contributed by atoms with van der Waals surface area (Å²) >= 11 is 0. The molecule has 0 radical (unpaired) electrons. The van der Waals surface area contributed by atoms with E-state index in [1.807, 2.05) is 0 Å². The van der Waals surface area contributed by atoms with Crippen molar-refractivity contribution in [2.75, 3.05) is 19.7 Å². The van der Waals surface area contributed by atoms with Crippen LogP contribution in [0.15, 0.2) is 29.2 Å². The average Bonchev–Trinajstić information content (AvgIpc) is 3.00. The number of hydrogen-bond donors (Lipinski definition) is 1. The molecule has 4 rings (SSSR count). The third kappa shape index (κ3) is 4.01. The first-order chi connectivity index (χ1) is 13.2. The van der Waals surface area contributed by atoms with Crippen LogP contribution in [-0.4, -0.2) is 42.1 Å². The fourth-order valence-corrected chi connectivity index (χ4v) is 5.11. The summed E-state index contributed by atoms with van der Waals surface area (Å²) in [6.07, 6.45) is 1.71. The molecular formula is C18H21F5N2O3S. The minimum atomic E-state index is -9.66. The summed E-state index contributed by atoms with van der Waals surface area (Å²) in [4.78, 5) is 23.7. The number of piperidine rings is 1. The van der Waals surface area contributed by atoms with Crippen molar-refractivity contribution in [2.45, 2.75) is 42.0 Å². The van der Waals surface area contributed by atoms with Gasteiger partial charge in [-0.1, -0.05) is 31.6 Å². The van der Waals surface area contributed by atoms with Crippen molar-refractivity contribution in [3.63, 3.8) is 0 Å². The van der Waals surface area contributed by atoms with E-state index < -0.39 is 26.8 Å². The van der Waals surface area contributed by atoms with Crippen molar-refractivity contribution in [3.05, 3.63) is 29.8 Å². The predicted molar refractivity (Wildman–Crippen MR) is 96.3 cm³/mol. The molecule has 5 nitrogen and oxygen atoms in total. The van der Waals surface area contributed by atoms with Gasteiger partial charge in [0.05, 0.1) is 5.54 Å². The molecule has 3 fully saturated rings. The minimum absolute atomic E-state index is 0.00601. The van der Waals surface area contributed by atoms with Crippen molar-refractivity contribution in [2.24, 2.45) is 5.92 Å². The highest BCUT2D eigenvalue weighted by molar-refractivity contribution is 8.45. The Morgan fingerprint density at radius 2 is 1.66 bits per heavy atom. The van der Waals surface area contributed by atoms with Gasteiger partial charge in [-0.15, -0.1) is 0 Å². The van der Waals surface area contributed by atoms with Gasteiger partial charge < -0.3 is 15.0 Å². The lowest BCUT2D eigenvalue weighted by Crippen LogP contribution is -2.58. The number of nitrogens with one attached hydrogen (secondary N) is 1. The molecule has 0 unspecified atom stereocenters. The molecule has 0 bridgehead atoms. The van der Waals surface area contributed by atoms with Crippen LogP contribution in [0.25, 0.3) is 0 Å². The van der Waals surface area contributed by atoms with Gasteiger partial charge in [-0.3, -0.25) is 4.79 Å². The van der Waals surface area contributed by atoms with Crippen LogP contribution in [0.1, 0.15) is 37.2 Å². The van der Waals surface area contributed by atoms with Crippen LogP contribution in [0.3, 0.4) is 0 Å². The number of benzene rings is 1. The number of carbonyl (C=O) groups excluding carboxylic acids is 2. The largest absolute Gasteiger partial charge is 0.447 e. The van der Waals surface area contributed by atoms with E-state index in [-0.39, 0.29) is 24.3 Å². The second-order valence-corrected chi connectivity index (χ2v) is 10.6. The number of likely N-dealkylation sites (tertiary alicyclic amines) is 1. The van der Waals surface area contributed by atoms with Gasteiger partial charge in [0.25, 0.3) is 0 Å². The standard InChI is InChI=1S/C18H21F5N2O3S/c19-29(20,21,22,23)15-3-1-12(2-4-15)13-5-7-25(8-6-13)16(26)14-9-18(10-14)11-28-17(27)24-18/h1-4,13-14H,5-11H2,(H,24,27). The predicted octanol–water partition coefficient (Wildman–Crippen LogP) is 4.94. The van der Waals surface area contributed by atoms with E-state index in [9.17, 15) is 29.0 Å². The molecule has 1 N–H and O–H groups in total. The number of cyclic esters (lactones) is 1. The van der Waals surface area contributed by atoms with Gasteiger partial charge in [0, 0.05) is 19.0 Å². The van der Waals surface area contributed by atoms with E-state index in [1.165, 1.54) is 0 Å². The maximum atomic E-state index is 12.8. The molecule has 1 aliphatic carbocycles. The summed E-state index contributed by atoms with van der Waals surface area (Å²) in [6, 6.07) is 3.10. The third-order valence-electron chi connectivity index (χ3n) is 6.07. The normalized spacial score (nSPS) is 30.2. The minimum Gasteiger partial charge on any atom is -0.447 e. The molecule has 0 aromatic heterocycles. The Labute approximate surface area is 164 Å². The molecule has 1 spiro atoms. The molecule has 2 heterocycles. The monoisotopic (exact) mass is 440 g/mol. The highest BCUT2D eigenvalue weighted by Gasteiger charge is 2.65. The topological polar surface area (TPSA) is 58.6 Å². The van der Waals surface area contributed by atoms with Crippen LogP contribution < -0.4 is 5.32 Å². The zero-order chi connectivity index (χ0) is 21.1. The van der Waals surface area contributed by atoms with Crippen molar-refractivity contribution in [1.82, 2.24) is 10.2 Å². The molecule has 1 aromatic rings. The Kier molecular flexibility index (Phi) is 4.02. The molecule has 29 heavy (non-hydrogen) atoms. The van der Waals surface area contributed by atoms with Crippen molar-refractivity contribution in [3.8, 4) is 0 Å². The van der Waals surface area contributed by atoms with Gasteiger partial charge in [-0.05, 0) is 49.3 Å². The van der Waals surface area contributed by atoms with Crippen LogP contribution >= 0.6 is 10.2 Å². The summed E-state index contributed by atoms with van der Waals surface area (Å²) in [7, 11) is -9.66. The zero-order valence-corrected chi connectivity index (χ0v) is 16.2. The summed E-state index contributed by atoms with van der Waals surface area (Å²) < 4.78 is 69.1.